The standard InChI is InChI=1S/C17H14BrClN2/c1-12-7-13(9-15(19)8-12)17(18)14-10-20-21(11-14)16-5-3-2-4-6-16/h2-11,17H,1H3. The Labute approximate surface area is 137 Å². The van der Waals surface area contributed by atoms with Gasteiger partial charge in [-0.2, -0.15) is 5.10 Å². The normalized spacial score (nSPS) is 12.3. The second-order valence-corrected chi connectivity index (χ2v) is 6.33. The molecule has 0 saturated heterocycles. The lowest BCUT2D eigenvalue weighted by molar-refractivity contribution is 0.880. The van der Waals surface area contributed by atoms with Crippen LogP contribution in [0.3, 0.4) is 0 Å². The van der Waals surface area contributed by atoms with E-state index in [4.69, 9.17) is 11.6 Å². The highest BCUT2D eigenvalue weighted by atomic mass is 79.9. The zero-order valence-electron chi connectivity index (χ0n) is 11.5. The molecule has 21 heavy (non-hydrogen) atoms. The highest BCUT2D eigenvalue weighted by molar-refractivity contribution is 9.09. The Kier molecular flexibility index (Phi) is 4.13. The lowest BCUT2D eigenvalue weighted by atomic mass is 10.1. The van der Waals surface area contributed by atoms with Crippen molar-refractivity contribution in [3.8, 4) is 5.69 Å². The first kappa shape index (κ1) is 14.4. The predicted molar refractivity (Wildman–Crippen MR) is 90.5 cm³/mol. The van der Waals surface area contributed by atoms with Crippen molar-refractivity contribution < 1.29 is 0 Å². The Morgan fingerprint density at radius 1 is 1.10 bits per heavy atom. The van der Waals surface area contributed by atoms with Crippen LogP contribution < -0.4 is 0 Å². The summed E-state index contributed by atoms with van der Waals surface area (Å²) in [5.74, 6) is 0. The fraction of sp³-hybridized carbons (Fsp3) is 0.118. The summed E-state index contributed by atoms with van der Waals surface area (Å²) in [4.78, 5) is 0.0763. The van der Waals surface area contributed by atoms with Gasteiger partial charge in [0, 0.05) is 16.8 Å². The number of alkyl halides is 1. The molecule has 0 amide bonds. The molecule has 1 atom stereocenters. The summed E-state index contributed by atoms with van der Waals surface area (Å²) >= 11 is 9.88. The zero-order valence-corrected chi connectivity index (χ0v) is 13.8. The minimum Gasteiger partial charge on any atom is -0.241 e. The minimum absolute atomic E-state index is 0.0763. The van der Waals surface area contributed by atoms with Crippen LogP contribution in [0.5, 0.6) is 0 Å². The Bertz CT molecular complexity index is 732. The average molecular weight is 362 g/mol. The summed E-state index contributed by atoms with van der Waals surface area (Å²) in [6.07, 6.45) is 3.91. The van der Waals surface area contributed by atoms with Crippen molar-refractivity contribution in [1.82, 2.24) is 9.78 Å². The lowest BCUT2D eigenvalue weighted by Gasteiger charge is -2.09. The van der Waals surface area contributed by atoms with Crippen LogP contribution in [0.25, 0.3) is 5.69 Å². The number of hydrogen-bond acceptors (Lipinski definition) is 1. The van der Waals surface area contributed by atoms with E-state index in [1.54, 1.807) is 0 Å². The summed E-state index contributed by atoms with van der Waals surface area (Å²) in [5, 5.41) is 5.19. The van der Waals surface area contributed by atoms with E-state index in [9.17, 15) is 0 Å². The Morgan fingerprint density at radius 3 is 2.57 bits per heavy atom. The maximum atomic E-state index is 6.14. The van der Waals surface area contributed by atoms with Crippen molar-refractivity contribution >= 4 is 27.5 Å². The SMILES string of the molecule is Cc1cc(Cl)cc(C(Br)c2cnn(-c3ccccc3)c2)c1. The zero-order chi connectivity index (χ0) is 14.8. The van der Waals surface area contributed by atoms with Crippen LogP contribution in [0.2, 0.25) is 5.02 Å². The van der Waals surface area contributed by atoms with E-state index >= 15 is 0 Å². The molecule has 0 aliphatic rings. The second-order valence-electron chi connectivity index (χ2n) is 4.98. The van der Waals surface area contributed by atoms with Crippen molar-refractivity contribution in [3.63, 3.8) is 0 Å². The van der Waals surface area contributed by atoms with E-state index < -0.39 is 0 Å². The lowest BCUT2D eigenvalue weighted by Crippen LogP contribution is -1.94. The molecule has 0 spiro atoms. The summed E-state index contributed by atoms with van der Waals surface area (Å²) in [5.41, 5.74) is 4.43. The van der Waals surface area contributed by atoms with Gasteiger partial charge in [-0.1, -0.05) is 51.8 Å². The van der Waals surface area contributed by atoms with Gasteiger partial charge in [0.25, 0.3) is 0 Å². The fourth-order valence-electron chi connectivity index (χ4n) is 2.29. The average Bonchev–Trinajstić information content (AvgIpc) is 2.96. The van der Waals surface area contributed by atoms with Crippen molar-refractivity contribution in [2.45, 2.75) is 11.8 Å². The number of nitrogens with zero attached hydrogens (tertiary/aromatic N) is 2. The van der Waals surface area contributed by atoms with Crippen LogP contribution in [-0.4, -0.2) is 9.78 Å². The molecule has 0 aliphatic heterocycles. The van der Waals surface area contributed by atoms with Gasteiger partial charge in [0.2, 0.25) is 0 Å². The van der Waals surface area contributed by atoms with E-state index in [0.29, 0.717) is 0 Å². The molecule has 2 aromatic carbocycles. The van der Waals surface area contributed by atoms with Gasteiger partial charge in [-0.3, -0.25) is 0 Å². The molecule has 0 aliphatic carbocycles. The third kappa shape index (κ3) is 3.20. The number of benzene rings is 2. The van der Waals surface area contributed by atoms with Gasteiger partial charge >= 0.3 is 0 Å². The van der Waals surface area contributed by atoms with Crippen LogP contribution in [-0.2, 0) is 0 Å². The molecule has 0 radical (unpaired) electrons. The van der Waals surface area contributed by atoms with Crippen molar-refractivity contribution in [2.75, 3.05) is 0 Å². The van der Waals surface area contributed by atoms with Crippen LogP contribution in [0, 0.1) is 6.92 Å². The Morgan fingerprint density at radius 2 is 1.86 bits per heavy atom. The highest BCUT2D eigenvalue weighted by Crippen LogP contribution is 2.32. The number of hydrogen-bond donors (Lipinski definition) is 0. The first-order chi connectivity index (χ1) is 10.1. The van der Waals surface area contributed by atoms with Gasteiger partial charge in [-0.15, -0.1) is 0 Å². The molecule has 0 N–H and O–H groups in total. The van der Waals surface area contributed by atoms with Crippen molar-refractivity contribution in [3.05, 3.63) is 82.6 Å². The molecular weight excluding hydrogens is 348 g/mol. The number of aromatic nitrogens is 2. The monoisotopic (exact) mass is 360 g/mol. The molecule has 106 valence electrons. The maximum absolute atomic E-state index is 6.14. The Hall–Kier alpha value is -1.58. The number of halogens is 2. The second kappa shape index (κ2) is 6.04. The van der Waals surface area contributed by atoms with Gasteiger partial charge < -0.3 is 0 Å². The topological polar surface area (TPSA) is 17.8 Å². The minimum atomic E-state index is 0.0763. The van der Waals surface area contributed by atoms with Crippen LogP contribution in [0.4, 0.5) is 0 Å². The van der Waals surface area contributed by atoms with Crippen molar-refractivity contribution in [1.29, 1.82) is 0 Å². The van der Waals surface area contributed by atoms with Crippen LogP contribution in [0.1, 0.15) is 21.5 Å². The highest BCUT2D eigenvalue weighted by Gasteiger charge is 2.14. The third-order valence-electron chi connectivity index (χ3n) is 3.27. The van der Waals surface area contributed by atoms with E-state index in [1.165, 1.54) is 0 Å². The largest absolute Gasteiger partial charge is 0.241 e. The number of rotatable bonds is 3. The van der Waals surface area contributed by atoms with Gasteiger partial charge in [-0.05, 0) is 42.3 Å². The molecule has 2 nitrogen and oxygen atoms in total. The molecule has 3 aromatic rings. The van der Waals surface area contributed by atoms with E-state index in [-0.39, 0.29) is 4.83 Å². The molecule has 3 rings (SSSR count). The van der Waals surface area contributed by atoms with E-state index in [2.05, 4.69) is 27.1 Å². The molecule has 1 unspecified atom stereocenters. The fourth-order valence-corrected chi connectivity index (χ4v) is 3.09. The first-order valence-corrected chi connectivity index (χ1v) is 7.94. The molecule has 1 heterocycles. The van der Waals surface area contributed by atoms with Gasteiger partial charge in [0.05, 0.1) is 16.7 Å². The van der Waals surface area contributed by atoms with Crippen LogP contribution in [0.15, 0.2) is 60.9 Å². The maximum Gasteiger partial charge on any atom is 0.0676 e. The molecule has 0 saturated carbocycles. The van der Waals surface area contributed by atoms with Gasteiger partial charge in [-0.25, -0.2) is 4.68 Å². The quantitative estimate of drug-likeness (QED) is 0.577. The summed E-state index contributed by atoms with van der Waals surface area (Å²) < 4.78 is 1.88. The summed E-state index contributed by atoms with van der Waals surface area (Å²) in [7, 11) is 0. The molecule has 1 aromatic heterocycles. The molecule has 4 heteroatoms. The van der Waals surface area contributed by atoms with Crippen LogP contribution >= 0.6 is 27.5 Å². The third-order valence-corrected chi connectivity index (χ3v) is 4.55. The summed E-state index contributed by atoms with van der Waals surface area (Å²) in [6.45, 7) is 2.04. The summed E-state index contributed by atoms with van der Waals surface area (Å²) in [6, 6.07) is 16.1. The number of para-hydroxylation sites is 1. The van der Waals surface area contributed by atoms with E-state index in [0.717, 1.165) is 27.4 Å². The number of aryl methyl sites for hydroxylation is 1. The van der Waals surface area contributed by atoms with Crippen molar-refractivity contribution in [2.24, 2.45) is 0 Å². The van der Waals surface area contributed by atoms with E-state index in [1.807, 2.05) is 66.5 Å². The van der Waals surface area contributed by atoms with Gasteiger partial charge in [0.1, 0.15) is 0 Å². The molecule has 0 bridgehead atoms. The Balaban J connectivity index is 1.92. The van der Waals surface area contributed by atoms with Gasteiger partial charge in [0.15, 0.2) is 0 Å². The first-order valence-electron chi connectivity index (χ1n) is 6.64. The molecule has 0 fully saturated rings. The predicted octanol–water partition coefficient (Wildman–Crippen LogP) is 5.32. The molecular formula is C17H14BrClN2. The smallest absolute Gasteiger partial charge is 0.0676 e.